The molecule has 2 N–H and O–H groups in total. The van der Waals surface area contributed by atoms with Gasteiger partial charge in [-0.25, -0.2) is 4.68 Å². The van der Waals surface area contributed by atoms with Crippen LogP contribution in [0.25, 0.3) is 5.69 Å². The predicted octanol–water partition coefficient (Wildman–Crippen LogP) is 2.62. The lowest BCUT2D eigenvalue weighted by Gasteiger charge is -2.12. The van der Waals surface area contributed by atoms with Crippen molar-refractivity contribution in [3.05, 3.63) is 41.6 Å². The second kappa shape index (κ2) is 7.64. The van der Waals surface area contributed by atoms with Gasteiger partial charge in [0, 0.05) is 24.5 Å². The maximum Gasteiger partial charge on any atom is 0.105 e. The number of thioether (sulfide) groups is 1. The summed E-state index contributed by atoms with van der Waals surface area (Å²) in [5.74, 6) is 1.16. The Morgan fingerprint density at radius 2 is 2.05 bits per heavy atom. The monoisotopic (exact) mass is 305 g/mol. The van der Waals surface area contributed by atoms with Crippen molar-refractivity contribution in [2.45, 2.75) is 25.4 Å². The Labute approximate surface area is 130 Å². The minimum atomic E-state index is 0.215. The summed E-state index contributed by atoms with van der Waals surface area (Å²) in [5.41, 5.74) is 3.35. The molecule has 0 bridgehead atoms. The Bertz CT molecular complexity index is 568. The molecule has 0 amide bonds. The fourth-order valence-corrected chi connectivity index (χ4v) is 3.30. The van der Waals surface area contributed by atoms with Gasteiger partial charge in [-0.1, -0.05) is 25.1 Å². The fraction of sp³-hybridized carbons (Fsp3) is 0.438. The maximum absolute atomic E-state index is 9.23. The molecule has 2 aromatic rings. The van der Waals surface area contributed by atoms with Gasteiger partial charge in [-0.2, -0.15) is 5.10 Å². The van der Waals surface area contributed by atoms with E-state index in [4.69, 9.17) is 5.10 Å². The molecule has 1 heterocycles. The highest BCUT2D eigenvalue weighted by molar-refractivity contribution is 7.99. The first-order valence-electron chi connectivity index (χ1n) is 7.19. The van der Waals surface area contributed by atoms with Crippen molar-refractivity contribution in [1.29, 1.82) is 0 Å². The Kier molecular flexibility index (Phi) is 5.85. The molecule has 4 nitrogen and oxygen atoms in total. The van der Waals surface area contributed by atoms with Crippen LogP contribution in [0.4, 0.5) is 0 Å². The molecule has 1 unspecified atom stereocenters. The van der Waals surface area contributed by atoms with Gasteiger partial charge in [0.2, 0.25) is 0 Å². The van der Waals surface area contributed by atoms with Gasteiger partial charge >= 0.3 is 0 Å². The zero-order valence-electron chi connectivity index (χ0n) is 12.8. The van der Waals surface area contributed by atoms with Crippen LogP contribution in [0, 0.1) is 12.8 Å². The fourth-order valence-electron chi connectivity index (χ4n) is 2.09. The number of aromatic nitrogens is 2. The number of benzene rings is 1. The molecule has 1 aromatic heterocycles. The van der Waals surface area contributed by atoms with E-state index >= 15 is 0 Å². The van der Waals surface area contributed by atoms with Crippen molar-refractivity contribution in [3.8, 4) is 5.69 Å². The van der Waals surface area contributed by atoms with Crippen molar-refractivity contribution in [2.75, 3.05) is 19.4 Å². The molecule has 0 fully saturated rings. The predicted molar refractivity (Wildman–Crippen MR) is 88.0 cm³/mol. The van der Waals surface area contributed by atoms with Crippen LogP contribution < -0.4 is 5.32 Å². The molecule has 0 aliphatic heterocycles. The second-order valence-corrected chi connectivity index (χ2v) is 6.25. The Balaban J connectivity index is 2.37. The first kappa shape index (κ1) is 16.1. The van der Waals surface area contributed by atoms with E-state index in [9.17, 15) is 5.11 Å². The van der Waals surface area contributed by atoms with Crippen LogP contribution in [-0.4, -0.2) is 34.3 Å². The van der Waals surface area contributed by atoms with E-state index in [1.54, 1.807) is 11.8 Å². The van der Waals surface area contributed by atoms with Gasteiger partial charge in [-0.3, -0.25) is 0 Å². The van der Waals surface area contributed by atoms with E-state index in [0.717, 1.165) is 28.7 Å². The van der Waals surface area contributed by atoms with Crippen LogP contribution in [0.2, 0.25) is 0 Å². The van der Waals surface area contributed by atoms with Gasteiger partial charge in [0.25, 0.3) is 0 Å². The smallest absolute Gasteiger partial charge is 0.105 e. The molecule has 0 saturated heterocycles. The number of aliphatic hydroxyl groups is 1. The standard InChI is InChI=1S/C16H23N3OS/c1-12(10-20)11-21-16-15(9-17-3)13(2)18-19(16)14-7-5-4-6-8-14/h4-8,12,17,20H,9-11H2,1-3H3. The zero-order chi connectivity index (χ0) is 15.2. The molecule has 114 valence electrons. The maximum atomic E-state index is 9.23. The highest BCUT2D eigenvalue weighted by Crippen LogP contribution is 2.29. The van der Waals surface area contributed by atoms with Crippen molar-refractivity contribution >= 4 is 11.8 Å². The van der Waals surface area contributed by atoms with Crippen LogP contribution in [-0.2, 0) is 6.54 Å². The number of nitrogens with one attached hydrogen (secondary N) is 1. The van der Waals surface area contributed by atoms with Crippen LogP contribution in [0.5, 0.6) is 0 Å². The third-order valence-electron chi connectivity index (χ3n) is 3.31. The molecule has 0 aliphatic rings. The lowest BCUT2D eigenvalue weighted by atomic mass is 10.2. The highest BCUT2D eigenvalue weighted by Gasteiger charge is 2.17. The van der Waals surface area contributed by atoms with E-state index in [1.165, 1.54) is 5.56 Å². The first-order valence-corrected chi connectivity index (χ1v) is 8.18. The lowest BCUT2D eigenvalue weighted by Crippen LogP contribution is -2.09. The van der Waals surface area contributed by atoms with Crippen molar-refractivity contribution in [2.24, 2.45) is 5.92 Å². The SMILES string of the molecule is CNCc1c(C)nn(-c2ccccc2)c1SCC(C)CO. The average Bonchev–Trinajstić information content (AvgIpc) is 2.83. The van der Waals surface area contributed by atoms with E-state index < -0.39 is 0 Å². The number of hydrogen-bond donors (Lipinski definition) is 2. The minimum Gasteiger partial charge on any atom is -0.396 e. The van der Waals surface area contributed by atoms with E-state index in [1.807, 2.05) is 36.9 Å². The molecular formula is C16H23N3OS. The summed E-state index contributed by atoms with van der Waals surface area (Å²) in [6.45, 7) is 5.12. The summed E-state index contributed by atoms with van der Waals surface area (Å²) in [6, 6.07) is 10.2. The topological polar surface area (TPSA) is 50.1 Å². The van der Waals surface area contributed by atoms with Gasteiger partial charge in [-0.15, -0.1) is 11.8 Å². The molecule has 21 heavy (non-hydrogen) atoms. The molecule has 0 saturated carbocycles. The molecule has 0 radical (unpaired) electrons. The number of hydrogen-bond acceptors (Lipinski definition) is 4. The average molecular weight is 305 g/mol. The Hall–Kier alpha value is -1.30. The van der Waals surface area contributed by atoms with Crippen LogP contribution in [0.3, 0.4) is 0 Å². The van der Waals surface area contributed by atoms with E-state index in [-0.39, 0.29) is 12.5 Å². The van der Waals surface area contributed by atoms with Gasteiger partial charge in [0.05, 0.1) is 11.4 Å². The summed E-state index contributed by atoms with van der Waals surface area (Å²) < 4.78 is 2.01. The Morgan fingerprint density at radius 3 is 2.67 bits per heavy atom. The molecule has 0 aliphatic carbocycles. The van der Waals surface area contributed by atoms with Gasteiger partial charge in [0.15, 0.2) is 0 Å². The molecule has 5 heteroatoms. The number of nitrogens with zero attached hydrogens (tertiary/aromatic N) is 2. The van der Waals surface area contributed by atoms with Crippen LogP contribution in [0.1, 0.15) is 18.2 Å². The highest BCUT2D eigenvalue weighted by atomic mass is 32.2. The van der Waals surface area contributed by atoms with Gasteiger partial charge < -0.3 is 10.4 Å². The van der Waals surface area contributed by atoms with Gasteiger partial charge in [-0.05, 0) is 32.0 Å². The summed E-state index contributed by atoms with van der Waals surface area (Å²) >= 11 is 1.76. The summed E-state index contributed by atoms with van der Waals surface area (Å²) in [7, 11) is 1.95. The number of rotatable bonds is 7. The molecule has 0 spiro atoms. The summed E-state index contributed by atoms with van der Waals surface area (Å²) in [4.78, 5) is 0. The van der Waals surface area contributed by atoms with Crippen LogP contribution >= 0.6 is 11.8 Å². The third-order valence-corrected chi connectivity index (χ3v) is 4.74. The summed E-state index contributed by atoms with van der Waals surface area (Å²) in [6.07, 6.45) is 0. The summed E-state index contributed by atoms with van der Waals surface area (Å²) in [5, 5.41) is 18.3. The largest absolute Gasteiger partial charge is 0.396 e. The molecule has 2 rings (SSSR count). The molecular weight excluding hydrogens is 282 g/mol. The number of aryl methyl sites for hydroxylation is 1. The number of para-hydroxylation sites is 1. The zero-order valence-corrected chi connectivity index (χ0v) is 13.7. The molecule has 1 aromatic carbocycles. The van der Waals surface area contributed by atoms with Crippen molar-refractivity contribution in [1.82, 2.24) is 15.1 Å². The second-order valence-electron chi connectivity index (χ2n) is 5.25. The third kappa shape index (κ3) is 3.87. The van der Waals surface area contributed by atoms with Crippen LogP contribution in [0.15, 0.2) is 35.4 Å². The Morgan fingerprint density at radius 1 is 1.33 bits per heavy atom. The number of aliphatic hydroxyl groups excluding tert-OH is 1. The normalized spacial score (nSPS) is 12.6. The lowest BCUT2D eigenvalue weighted by molar-refractivity contribution is 0.250. The molecule has 1 atom stereocenters. The minimum absolute atomic E-state index is 0.215. The quantitative estimate of drug-likeness (QED) is 0.772. The van der Waals surface area contributed by atoms with Gasteiger partial charge in [0.1, 0.15) is 5.03 Å². The van der Waals surface area contributed by atoms with E-state index in [0.29, 0.717) is 0 Å². The first-order chi connectivity index (χ1) is 10.2. The van der Waals surface area contributed by atoms with E-state index in [2.05, 4.69) is 24.4 Å². The van der Waals surface area contributed by atoms with Crippen molar-refractivity contribution < 1.29 is 5.11 Å². The van der Waals surface area contributed by atoms with Crippen molar-refractivity contribution in [3.63, 3.8) is 0 Å².